The van der Waals surface area contributed by atoms with Crippen LogP contribution in [0.2, 0.25) is 0 Å². The zero-order valence-corrected chi connectivity index (χ0v) is 19.8. The van der Waals surface area contributed by atoms with Crippen LogP contribution in [-0.4, -0.2) is 65.4 Å². The molecule has 1 N–H and O–H groups in total. The monoisotopic (exact) mass is 481 g/mol. The van der Waals surface area contributed by atoms with E-state index in [1.54, 1.807) is 18.7 Å². The van der Waals surface area contributed by atoms with Gasteiger partial charge in [0.15, 0.2) is 16.4 Å². The van der Waals surface area contributed by atoms with E-state index in [2.05, 4.69) is 9.97 Å². The summed E-state index contributed by atoms with van der Waals surface area (Å²) in [5.41, 5.74) is 0.157. The Labute approximate surface area is 190 Å². The Morgan fingerprint density at radius 3 is 2.53 bits per heavy atom. The van der Waals surface area contributed by atoms with Gasteiger partial charge < -0.3 is 14.6 Å². The lowest BCUT2D eigenvalue weighted by Gasteiger charge is -2.38. The second-order valence-corrected chi connectivity index (χ2v) is 11.8. The molecule has 1 aliphatic heterocycles. The van der Waals surface area contributed by atoms with Gasteiger partial charge in [-0.3, -0.25) is 9.59 Å². The van der Waals surface area contributed by atoms with Crippen molar-refractivity contribution in [2.75, 3.05) is 18.1 Å². The summed E-state index contributed by atoms with van der Waals surface area (Å²) in [5.74, 6) is -0.549. The summed E-state index contributed by atoms with van der Waals surface area (Å²) in [4.78, 5) is 47.4. The summed E-state index contributed by atoms with van der Waals surface area (Å²) < 4.78 is 29.4. The molecule has 4 rings (SSSR count). The molecule has 11 heteroatoms. The van der Waals surface area contributed by atoms with Crippen molar-refractivity contribution in [1.29, 1.82) is 0 Å². The molecule has 2 aromatic heterocycles. The second kappa shape index (κ2) is 8.93. The first-order chi connectivity index (χ1) is 15.2. The van der Waals surface area contributed by atoms with E-state index in [-0.39, 0.29) is 39.9 Å². The van der Waals surface area contributed by atoms with Crippen LogP contribution in [0.3, 0.4) is 0 Å². The predicted octanol–water partition coefficient (Wildman–Crippen LogP) is 2.11. The molecule has 1 atom stereocenters. The van der Waals surface area contributed by atoms with Crippen molar-refractivity contribution in [3.63, 3.8) is 0 Å². The summed E-state index contributed by atoms with van der Waals surface area (Å²) in [5, 5.41) is 0.346. The molecule has 0 unspecified atom stereocenters. The number of nitrogens with one attached hydrogen (secondary N) is 1. The van der Waals surface area contributed by atoms with Gasteiger partial charge in [-0.05, 0) is 38.7 Å². The first-order valence-electron chi connectivity index (χ1n) is 10.8. The van der Waals surface area contributed by atoms with Gasteiger partial charge >= 0.3 is 5.97 Å². The fourth-order valence-electron chi connectivity index (χ4n) is 4.77. The number of aryl methyl sites for hydroxylation is 2. The lowest BCUT2D eigenvalue weighted by Crippen LogP contribution is -2.50. The molecule has 0 aromatic carbocycles. The fourth-order valence-corrected chi connectivity index (χ4v) is 7.61. The largest absolute Gasteiger partial charge is 0.451 e. The van der Waals surface area contributed by atoms with Crippen LogP contribution in [0.15, 0.2) is 4.79 Å². The first kappa shape index (κ1) is 22.9. The molecular weight excluding hydrogens is 454 g/mol. The standard InChI is InChI=1S/C21H27N3O6S2/c1-12-17-19(26)22-13(2)23-20(17)31-18(12)21(27)30-10-16(25)24(14-6-4-3-5-7-14)15-8-9-32(28,29)11-15/h14-15H,3-11H2,1-2H3,(H,22,23,26)/t15-/m1/s1. The molecule has 1 saturated carbocycles. The van der Waals surface area contributed by atoms with Gasteiger partial charge in [-0.25, -0.2) is 18.2 Å². The molecule has 9 nitrogen and oxygen atoms in total. The quantitative estimate of drug-likeness (QED) is 0.648. The molecule has 1 saturated heterocycles. The molecule has 3 heterocycles. The molecule has 1 amide bonds. The third kappa shape index (κ3) is 4.59. The van der Waals surface area contributed by atoms with E-state index < -0.39 is 22.4 Å². The van der Waals surface area contributed by atoms with Crippen LogP contribution in [0.1, 0.15) is 59.6 Å². The molecule has 2 fully saturated rings. The third-order valence-corrected chi connectivity index (χ3v) is 9.21. The third-order valence-electron chi connectivity index (χ3n) is 6.29. The van der Waals surface area contributed by atoms with Crippen LogP contribution in [0.5, 0.6) is 0 Å². The number of ether oxygens (including phenoxy) is 1. The Morgan fingerprint density at radius 2 is 1.88 bits per heavy atom. The normalized spacial score (nSPS) is 21.0. The number of H-pyrrole nitrogens is 1. The highest BCUT2D eigenvalue weighted by Crippen LogP contribution is 2.30. The average Bonchev–Trinajstić information content (AvgIpc) is 3.26. The SMILES string of the molecule is Cc1nc2sc(C(=O)OCC(=O)N(C3CCCCC3)[C@@H]3CCS(=O)(=O)C3)c(C)c2c(=O)[nH]1. The summed E-state index contributed by atoms with van der Waals surface area (Å²) in [6, 6.07) is -0.392. The number of thiophene rings is 1. The summed E-state index contributed by atoms with van der Waals surface area (Å²) in [6.45, 7) is 2.86. The Balaban J connectivity index is 1.51. The molecule has 2 aromatic rings. The van der Waals surface area contributed by atoms with Crippen molar-refractivity contribution in [3.05, 3.63) is 26.6 Å². The Bertz CT molecular complexity index is 1210. The van der Waals surface area contributed by atoms with Gasteiger partial charge in [-0.15, -0.1) is 11.3 Å². The van der Waals surface area contributed by atoms with Gasteiger partial charge in [-0.2, -0.15) is 0 Å². The number of nitrogens with zero attached hydrogens (tertiary/aromatic N) is 2. The molecule has 1 aliphatic carbocycles. The molecule has 0 spiro atoms. The van der Waals surface area contributed by atoms with Crippen LogP contribution in [0.25, 0.3) is 10.2 Å². The van der Waals surface area contributed by atoms with Crippen LogP contribution in [-0.2, 0) is 19.4 Å². The predicted molar refractivity (Wildman–Crippen MR) is 121 cm³/mol. The zero-order chi connectivity index (χ0) is 23.0. The highest BCUT2D eigenvalue weighted by molar-refractivity contribution is 7.91. The summed E-state index contributed by atoms with van der Waals surface area (Å²) in [7, 11) is -3.15. The number of esters is 1. The van der Waals surface area contributed by atoms with Crippen LogP contribution < -0.4 is 5.56 Å². The lowest BCUT2D eigenvalue weighted by atomic mass is 9.93. The van der Waals surface area contributed by atoms with E-state index >= 15 is 0 Å². The van der Waals surface area contributed by atoms with E-state index in [0.29, 0.717) is 28.0 Å². The average molecular weight is 482 g/mol. The van der Waals surface area contributed by atoms with Gasteiger partial charge in [0.25, 0.3) is 11.5 Å². The Kier molecular flexibility index (Phi) is 6.39. The minimum atomic E-state index is -3.15. The first-order valence-corrected chi connectivity index (χ1v) is 13.5. The number of hydrogen-bond acceptors (Lipinski definition) is 8. The second-order valence-electron chi connectivity index (χ2n) is 8.61. The van der Waals surface area contributed by atoms with Gasteiger partial charge in [0.05, 0.1) is 16.9 Å². The highest BCUT2D eigenvalue weighted by atomic mass is 32.2. The van der Waals surface area contributed by atoms with Crippen molar-refractivity contribution in [2.45, 2.75) is 64.5 Å². The number of carbonyl (C=O) groups is 2. The van der Waals surface area contributed by atoms with Gasteiger partial charge in [0, 0.05) is 12.1 Å². The maximum Gasteiger partial charge on any atom is 0.349 e. The lowest BCUT2D eigenvalue weighted by molar-refractivity contribution is -0.139. The minimum Gasteiger partial charge on any atom is -0.451 e. The number of carbonyl (C=O) groups excluding carboxylic acids is 2. The van der Waals surface area contributed by atoms with Crippen molar-refractivity contribution in [3.8, 4) is 0 Å². The van der Waals surface area contributed by atoms with Gasteiger partial charge in [-0.1, -0.05) is 19.3 Å². The minimum absolute atomic E-state index is 0.0231. The van der Waals surface area contributed by atoms with Crippen LogP contribution in [0, 0.1) is 13.8 Å². The Morgan fingerprint density at radius 1 is 1.16 bits per heavy atom. The molecule has 0 bridgehead atoms. The van der Waals surface area contributed by atoms with E-state index in [1.165, 1.54) is 0 Å². The molecule has 0 radical (unpaired) electrons. The van der Waals surface area contributed by atoms with E-state index in [0.717, 1.165) is 43.4 Å². The van der Waals surface area contributed by atoms with Crippen molar-refractivity contribution >= 4 is 43.3 Å². The molecular formula is C21H27N3O6S2. The van der Waals surface area contributed by atoms with Gasteiger partial charge in [0.2, 0.25) is 0 Å². The number of amides is 1. The molecule has 32 heavy (non-hydrogen) atoms. The topological polar surface area (TPSA) is 126 Å². The van der Waals surface area contributed by atoms with Crippen LogP contribution >= 0.6 is 11.3 Å². The maximum absolute atomic E-state index is 13.1. The number of aromatic amines is 1. The molecule has 174 valence electrons. The highest BCUT2D eigenvalue weighted by Gasteiger charge is 2.38. The zero-order valence-electron chi connectivity index (χ0n) is 18.2. The number of sulfone groups is 1. The summed E-state index contributed by atoms with van der Waals surface area (Å²) >= 11 is 1.06. The van der Waals surface area contributed by atoms with Crippen molar-refractivity contribution < 1.29 is 22.7 Å². The van der Waals surface area contributed by atoms with E-state index in [1.807, 2.05) is 0 Å². The van der Waals surface area contributed by atoms with Crippen molar-refractivity contribution in [2.24, 2.45) is 0 Å². The Hall–Kier alpha value is -2.27. The smallest absolute Gasteiger partial charge is 0.349 e. The number of aromatic nitrogens is 2. The molecule has 2 aliphatic rings. The van der Waals surface area contributed by atoms with Gasteiger partial charge in [0.1, 0.15) is 15.5 Å². The number of hydrogen-bond donors (Lipinski definition) is 1. The number of fused-ring (bicyclic) bond motifs is 1. The van der Waals surface area contributed by atoms with E-state index in [9.17, 15) is 22.8 Å². The maximum atomic E-state index is 13.1. The summed E-state index contributed by atoms with van der Waals surface area (Å²) in [6.07, 6.45) is 5.18. The van der Waals surface area contributed by atoms with Crippen LogP contribution in [0.4, 0.5) is 0 Å². The van der Waals surface area contributed by atoms with E-state index in [4.69, 9.17) is 4.74 Å². The fraction of sp³-hybridized carbons (Fsp3) is 0.619. The number of rotatable bonds is 5. The van der Waals surface area contributed by atoms with Crippen molar-refractivity contribution in [1.82, 2.24) is 14.9 Å².